The highest BCUT2D eigenvalue weighted by Gasteiger charge is 2.16. The molecule has 0 aliphatic heterocycles. The van der Waals surface area contributed by atoms with E-state index in [1.807, 2.05) is 63.2 Å². The highest BCUT2D eigenvalue weighted by atomic mass is 16.5. The van der Waals surface area contributed by atoms with Crippen LogP contribution in [0.25, 0.3) is 0 Å². The molecular weight excluding hydrogens is 290 g/mol. The number of para-hydroxylation sites is 1. The lowest BCUT2D eigenvalue weighted by atomic mass is 10.1. The van der Waals surface area contributed by atoms with Gasteiger partial charge in [-0.2, -0.15) is 0 Å². The summed E-state index contributed by atoms with van der Waals surface area (Å²) in [6.07, 6.45) is 0.0166. The van der Waals surface area contributed by atoms with E-state index < -0.39 is 0 Å². The lowest BCUT2D eigenvalue weighted by molar-refractivity contribution is 0.0934. The Morgan fingerprint density at radius 3 is 2.26 bits per heavy atom. The van der Waals surface area contributed by atoms with Crippen LogP contribution in [0.15, 0.2) is 48.5 Å². The highest BCUT2D eigenvalue weighted by Crippen LogP contribution is 2.22. The van der Waals surface area contributed by atoms with Gasteiger partial charge < -0.3 is 14.8 Å². The Balaban J connectivity index is 2.11. The van der Waals surface area contributed by atoms with Gasteiger partial charge in [-0.15, -0.1) is 0 Å². The monoisotopic (exact) mass is 313 g/mol. The Bertz CT molecular complexity index is 650. The molecule has 0 spiro atoms. The molecule has 0 radical (unpaired) electrons. The first kappa shape index (κ1) is 16.9. The molecule has 4 heteroatoms. The van der Waals surface area contributed by atoms with E-state index in [0.29, 0.717) is 11.3 Å². The number of benzene rings is 2. The first-order chi connectivity index (χ1) is 11.0. The minimum absolute atomic E-state index is 0.0166. The number of nitrogens with one attached hydrogen (secondary N) is 1. The summed E-state index contributed by atoms with van der Waals surface area (Å²) in [4.78, 5) is 12.5. The maximum absolute atomic E-state index is 12.5. The number of carbonyl (C=O) groups excluding carboxylic acids is 1. The van der Waals surface area contributed by atoms with E-state index in [1.165, 1.54) is 0 Å². The van der Waals surface area contributed by atoms with E-state index in [0.717, 1.165) is 11.3 Å². The van der Waals surface area contributed by atoms with Crippen LogP contribution < -0.4 is 14.8 Å². The highest BCUT2D eigenvalue weighted by molar-refractivity contribution is 5.97. The fourth-order valence-corrected chi connectivity index (χ4v) is 2.26. The fraction of sp³-hybridized carbons (Fsp3) is 0.316. The van der Waals surface area contributed by atoms with Gasteiger partial charge in [-0.3, -0.25) is 4.79 Å². The quantitative estimate of drug-likeness (QED) is 0.877. The van der Waals surface area contributed by atoms with E-state index in [-0.39, 0.29) is 18.1 Å². The summed E-state index contributed by atoms with van der Waals surface area (Å²) in [5, 5.41) is 3.00. The average Bonchev–Trinajstić information content (AvgIpc) is 2.54. The van der Waals surface area contributed by atoms with Crippen molar-refractivity contribution in [3.8, 4) is 11.5 Å². The predicted octanol–water partition coefficient (Wildman–Crippen LogP) is 3.97. The van der Waals surface area contributed by atoms with Crippen LogP contribution in [0.1, 0.15) is 42.7 Å². The summed E-state index contributed by atoms with van der Waals surface area (Å²) < 4.78 is 10.9. The van der Waals surface area contributed by atoms with Gasteiger partial charge in [-0.05, 0) is 50.6 Å². The first-order valence-corrected chi connectivity index (χ1v) is 7.71. The molecule has 2 aromatic rings. The lowest BCUT2D eigenvalue weighted by Gasteiger charge is -2.17. The molecule has 0 aliphatic carbocycles. The summed E-state index contributed by atoms with van der Waals surface area (Å²) >= 11 is 0. The first-order valence-electron chi connectivity index (χ1n) is 7.71. The molecule has 0 unspecified atom stereocenters. The van der Waals surface area contributed by atoms with E-state index in [9.17, 15) is 4.79 Å². The predicted molar refractivity (Wildman–Crippen MR) is 91.1 cm³/mol. The van der Waals surface area contributed by atoms with Gasteiger partial charge in [0.15, 0.2) is 0 Å². The van der Waals surface area contributed by atoms with Crippen molar-refractivity contribution in [2.24, 2.45) is 0 Å². The number of carbonyl (C=O) groups is 1. The smallest absolute Gasteiger partial charge is 0.255 e. The number of hydrogen-bond donors (Lipinski definition) is 1. The number of amides is 1. The Hall–Kier alpha value is -2.49. The number of hydrogen-bond acceptors (Lipinski definition) is 3. The van der Waals surface area contributed by atoms with Crippen LogP contribution in [0.4, 0.5) is 0 Å². The molecular formula is C19H23NO3. The molecule has 0 fully saturated rings. The Morgan fingerprint density at radius 1 is 1.00 bits per heavy atom. The molecule has 0 saturated carbocycles. The summed E-state index contributed by atoms with van der Waals surface area (Å²) in [5.41, 5.74) is 1.56. The average molecular weight is 313 g/mol. The summed E-state index contributed by atoms with van der Waals surface area (Å²) in [6, 6.07) is 14.8. The summed E-state index contributed by atoms with van der Waals surface area (Å²) in [6.45, 7) is 5.83. The fourth-order valence-electron chi connectivity index (χ4n) is 2.26. The topological polar surface area (TPSA) is 47.6 Å². The van der Waals surface area contributed by atoms with Crippen LogP contribution in [-0.2, 0) is 0 Å². The van der Waals surface area contributed by atoms with Crippen molar-refractivity contribution >= 4 is 5.91 Å². The maximum Gasteiger partial charge on any atom is 0.255 e. The van der Waals surface area contributed by atoms with Gasteiger partial charge in [0.25, 0.3) is 5.91 Å². The third-order valence-electron chi connectivity index (χ3n) is 3.46. The molecule has 0 heterocycles. The van der Waals surface area contributed by atoms with E-state index in [1.54, 1.807) is 13.2 Å². The molecule has 0 bridgehead atoms. The standard InChI is InChI=1S/C19H23NO3/c1-13(2)23-18-8-6-5-7-17(18)19(21)20-14(3)15-9-11-16(22-4)12-10-15/h5-14H,1-4H3,(H,20,21)/t14-/m1/s1. The van der Waals surface area contributed by atoms with Crippen molar-refractivity contribution in [3.05, 3.63) is 59.7 Å². The molecule has 1 amide bonds. The second-order valence-corrected chi connectivity index (χ2v) is 5.63. The Morgan fingerprint density at radius 2 is 1.65 bits per heavy atom. The van der Waals surface area contributed by atoms with Gasteiger partial charge in [-0.25, -0.2) is 0 Å². The molecule has 0 aliphatic rings. The van der Waals surface area contributed by atoms with Crippen molar-refractivity contribution in [3.63, 3.8) is 0 Å². The van der Waals surface area contributed by atoms with Crippen LogP contribution in [0, 0.1) is 0 Å². The third kappa shape index (κ3) is 4.49. The van der Waals surface area contributed by atoms with E-state index in [4.69, 9.17) is 9.47 Å². The number of methoxy groups -OCH3 is 1. The van der Waals surface area contributed by atoms with Crippen molar-refractivity contribution < 1.29 is 14.3 Å². The Labute approximate surface area is 137 Å². The van der Waals surface area contributed by atoms with Gasteiger partial charge in [0, 0.05) is 0 Å². The van der Waals surface area contributed by atoms with Gasteiger partial charge in [0.05, 0.1) is 24.8 Å². The second-order valence-electron chi connectivity index (χ2n) is 5.63. The Kier molecular flexibility index (Phi) is 5.63. The molecule has 0 aromatic heterocycles. The minimum Gasteiger partial charge on any atom is -0.497 e. The molecule has 122 valence electrons. The van der Waals surface area contributed by atoms with Crippen molar-refractivity contribution in [1.82, 2.24) is 5.32 Å². The minimum atomic E-state index is -0.149. The number of rotatable bonds is 6. The molecule has 23 heavy (non-hydrogen) atoms. The molecule has 1 atom stereocenters. The largest absolute Gasteiger partial charge is 0.497 e. The molecule has 0 saturated heterocycles. The van der Waals surface area contributed by atoms with Gasteiger partial charge in [0.1, 0.15) is 11.5 Å². The van der Waals surface area contributed by atoms with Gasteiger partial charge in [-0.1, -0.05) is 24.3 Å². The van der Waals surface area contributed by atoms with Crippen LogP contribution in [0.5, 0.6) is 11.5 Å². The van der Waals surface area contributed by atoms with E-state index >= 15 is 0 Å². The molecule has 2 rings (SSSR count). The van der Waals surface area contributed by atoms with Crippen LogP contribution in [0.2, 0.25) is 0 Å². The van der Waals surface area contributed by atoms with Crippen molar-refractivity contribution in [2.75, 3.05) is 7.11 Å². The zero-order valence-electron chi connectivity index (χ0n) is 14.0. The molecule has 2 aromatic carbocycles. The third-order valence-corrected chi connectivity index (χ3v) is 3.46. The second kappa shape index (κ2) is 7.68. The zero-order chi connectivity index (χ0) is 16.8. The lowest BCUT2D eigenvalue weighted by Crippen LogP contribution is -2.27. The summed E-state index contributed by atoms with van der Waals surface area (Å²) in [7, 11) is 1.63. The van der Waals surface area contributed by atoms with Crippen molar-refractivity contribution in [2.45, 2.75) is 32.9 Å². The van der Waals surface area contributed by atoms with E-state index in [2.05, 4.69) is 5.32 Å². The van der Waals surface area contributed by atoms with Gasteiger partial charge >= 0.3 is 0 Å². The molecule has 4 nitrogen and oxygen atoms in total. The van der Waals surface area contributed by atoms with Crippen LogP contribution >= 0.6 is 0 Å². The van der Waals surface area contributed by atoms with Crippen LogP contribution in [0.3, 0.4) is 0 Å². The maximum atomic E-state index is 12.5. The van der Waals surface area contributed by atoms with Crippen molar-refractivity contribution in [1.29, 1.82) is 0 Å². The zero-order valence-corrected chi connectivity index (χ0v) is 14.0. The van der Waals surface area contributed by atoms with Gasteiger partial charge in [0.2, 0.25) is 0 Å². The normalized spacial score (nSPS) is 11.9. The molecule has 1 N–H and O–H groups in total. The summed E-state index contributed by atoms with van der Waals surface area (Å²) in [5.74, 6) is 1.24. The van der Waals surface area contributed by atoms with Crippen LogP contribution in [-0.4, -0.2) is 19.1 Å². The SMILES string of the molecule is COc1ccc([C@@H](C)NC(=O)c2ccccc2OC(C)C)cc1. The number of ether oxygens (including phenoxy) is 2.